The highest BCUT2D eigenvalue weighted by Crippen LogP contribution is 2.12. The first-order valence-corrected chi connectivity index (χ1v) is 7.79. The van der Waals surface area contributed by atoms with E-state index in [1.807, 2.05) is 0 Å². The molecule has 0 aliphatic rings. The zero-order chi connectivity index (χ0) is 14.5. The minimum Gasteiger partial charge on any atom is -0.445 e. The van der Waals surface area contributed by atoms with Gasteiger partial charge in [0, 0.05) is 6.04 Å². The molecule has 0 fully saturated rings. The molecule has 4 N–H and O–H groups in total. The molecule has 0 aliphatic heterocycles. The summed E-state index contributed by atoms with van der Waals surface area (Å²) in [5.74, 6) is 0. The fourth-order valence-electron chi connectivity index (χ4n) is 2.20. The number of unbranched alkanes of at least 4 members (excludes halogenated alkanes) is 8. The summed E-state index contributed by atoms with van der Waals surface area (Å²) in [5, 5.41) is 0. The molecule has 0 rings (SSSR count). The van der Waals surface area contributed by atoms with Gasteiger partial charge in [0.1, 0.15) is 6.10 Å². The van der Waals surface area contributed by atoms with Crippen molar-refractivity contribution in [1.82, 2.24) is 0 Å². The molecule has 0 radical (unpaired) electrons. The molecule has 0 heterocycles. The SMILES string of the molecule is CCCCCCCCCCCC(N)C(C)OC(N)=O. The smallest absolute Gasteiger partial charge is 0.404 e. The van der Waals surface area contributed by atoms with Crippen LogP contribution in [0.15, 0.2) is 0 Å². The molecule has 2 atom stereocenters. The summed E-state index contributed by atoms with van der Waals surface area (Å²) in [7, 11) is 0. The van der Waals surface area contributed by atoms with Gasteiger partial charge in [0.2, 0.25) is 0 Å². The Morgan fingerprint density at radius 1 is 1.00 bits per heavy atom. The molecule has 1 amide bonds. The molecule has 0 aromatic carbocycles. The van der Waals surface area contributed by atoms with Crippen molar-refractivity contribution in [1.29, 1.82) is 0 Å². The third kappa shape index (κ3) is 12.0. The predicted octanol–water partition coefficient (Wildman–Crippen LogP) is 3.72. The first kappa shape index (κ1) is 18.2. The Morgan fingerprint density at radius 3 is 1.95 bits per heavy atom. The molecule has 0 saturated heterocycles. The van der Waals surface area contributed by atoms with Crippen molar-refractivity contribution in [2.75, 3.05) is 0 Å². The van der Waals surface area contributed by atoms with Gasteiger partial charge in [-0.15, -0.1) is 0 Å². The Kier molecular flexibility index (Phi) is 11.8. The van der Waals surface area contributed by atoms with Crippen LogP contribution in [0, 0.1) is 0 Å². The number of rotatable bonds is 12. The molecular weight excluding hydrogens is 240 g/mol. The van der Waals surface area contributed by atoms with E-state index >= 15 is 0 Å². The lowest BCUT2D eigenvalue weighted by molar-refractivity contribution is 0.0984. The Labute approximate surface area is 118 Å². The van der Waals surface area contributed by atoms with Gasteiger partial charge in [0.25, 0.3) is 0 Å². The van der Waals surface area contributed by atoms with Gasteiger partial charge in [0.05, 0.1) is 0 Å². The lowest BCUT2D eigenvalue weighted by atomic mass is 10.0. The maximum Gasteiger partial charge on any atom is 0.404 e. The van der Waals surface area contributed by atoms with E-state index in [1.165, 1.54) is 51.4 Å². The van der Waals surface area contributed by atoms with Gasteiger partial charge in [0.15, 0.2) is 0 Å². The summed E-state index contributed by atoms with van der Waals surface area (Å²) >= 11 is 0. The van der Waals surface area contributed by atoms with Crippen molar-refractivity contribution in [3.63, 3.8) is 0 Å². The zero-order valence-corrected chi connectivity index (χ0v) is 12.7. The van der Waals surface area contributed by atoms with Crippen molar-refractivity contribution in [2.45, 2.75) is 90.2 Å². The number of ether oxygens (including phenoxy) is 1. The molecule has 0 saturated carbocycles. The fraction of sp³-hybridized carbons (Fsp3) is 0.933. The molecule has 4 heteroatoms. The quantitative estimate of drug-likeness (QED) is 0.531. The Bertz CT molecular complexity index is 222. The van der Waals surface area contributed by atoms with Crippen LogP contribution in [0.3, 0.4) is 0 Å². The topological polar surface area (TPSA) is 78.3 Å². The van der Waals surface area contributed by atoms with Crippen LogP contribution < -0.4 is 11.5 Å². The van der Waals surface area contributed by atoms with Crippen LogP contribution in [0.25, 0.3) is 0 Å². The molecule has 114 valence electrons. The Hall–Kier alpha value is -0.770. The van der Waals surface area contributed by atoms with Gasteiger partial charge in [-0.3, -0.25) is 0 Å². The van der Waals surface area contributed by atoms with E-state index in [-0.39, 0.29) is 12.1 Å². The summed E-state index contributed by atoms with van der Waals surface area (Å²) in [6.07, 6.45) is 11.6. The van der Waals surface area contributed by atoms with E-state index in [1.54, 1.807) is 6.92 Å². The second kappa shape index (κ2) is 12.3. The predicted molar refractivity (Wildman–Crippen MR) is 79.9 cm³/mol. The average Bonchev–Trinajstić information content (AvgIpc) is 2.35. The van der Waals surface area contributed by atoms with E-state index in [0.29, 0.717) is 0 Å². The van der Waals surface area contributed by atoms with Gasteiger partial charge in [-0.05, 0) is 13.3 Å². The van der Waals surface area contributed by atoms with Gasteiger partial charge in [-0.25, -0.2) is 4.79 Å². The highest BCUT2D eigenvalue weighted by atomic mass is 16.6. The molecule has 2 unspecified atom stereocenters. The average molecular weight is 272 g/mol. The zero-order valence-electron chi connectivity index (χ0n) is 12.7. The van der Waals surface area contributed by atoms with Crippen molar-refractivity contribution in [2.24, 2.45) is 11.5 Å². The van der Waals surface area contributed by atoms with Crippen LogP contribution in [-0.4, -0.2) is 18.2 Å². The van der Waals surface area contributed by atoms with Crippen LogP contribution in [0.5, 0.6) is 0 Å². The number of carbonyl (C=O) groups is 1. The van der Waals surface area contributed by atoms with Gasteiger partial charge in [-0.1, -0.05) is 64.7 Å². The van der Waals surface area contributed by atoms with Crippen LogP contribution in [-0.2, 0) is 4.74 Å². The second-order valence-corrected chi connectivity index (χ2v) is 5.42. The molecule has 0 aromatic rings. The van der Waals surface area contributed by atoms with Crippen LogP contribution in [0.4, 0.5) is 4.79 Å². The van der Waals surface area contributed by atoms with Crippen molar-refractivity contribution in [3.05, 3.63) is 0 Å². The van der Waals surface area contributed by atoms with E-state index < -0.39 is 6.09 Å². The summed E-state index contributed by atoms with van der Waals surface area (Å²) < 4.78 is 4.86. The standard InChI is InChI=1S/C15H32N2O2/c1-3-4-5-6-7-8-9-10-11-12-14(16)13(2)19-15(17)18/h13-14H,3-12,16H2,1-2H3,(H2,17,18). The van der Waals surface area contributed by atoms with Crippen molar-refractivity contribution >= 4 is 6.09 Å². The minimum absolute atomic E-state index is 0.0999. The number of hydrogen-bond acceptors (Lipinski definition) is 3. The second-order valence-electron chi connectivity index (χ2n) is 5.42. The van der Waals surface area contributed by atoms with Gasteiger partial charge < -0.3 is 16.2 Å². The molecule has 4 nitrogen and oxygen atoms in total. The number of nitrogens with two attached hydrogens (primary N) is 2. The number of hydrogen-bond donors (Lipinski definition) is 2. The summed E-state index contributed by atoms with van der Waals surface area (Å²) in [6, 6.07) is -0.0999. The van der Waals surface area contributed by atoms with Gasteiger partial charge >= 0.3 is 6.09 Å². The fourth-order valence-corrected chi connectivity index (χ4v) is 2.20. The van der Waals surface area contributed by atoms with Crippen LogP contribution in [0.2, 0.25) is 0 Å². The number of amides is 1. The highest BCUT2D eigenvalue weighted by Gasteiger charge is 2.14. The molecule has 0 bridgehead atoms. The Morgan fingerprint density at radius 2 is 1.47 bits per heavy atom. The van der Waals surface area contributed by atoms with Crippen LogP contribution in [0.1, 0.15) is 78.1 Å². The third-order valence-corrected chi connectivity index (χ3v) is 3.55. The largest absolute Gasteiger partial charge is 0.445 e. The summed E-state index contributed by atoms with van der Waals surface area (Å²) in [6.45, 7) is 4.04. The lowest BCUT2D eigenvalue weighted by Gasteiger charge is -2.19. The summed E-state index contributed by atoms with van der Waals surface area (Å²) in [4.78, 5) is 10.6. The van der Waals surface area contributed by atoms with Crippen molar-refractivity contribution < 1.29 is 9.53 Å². The number of carbonyl (C=O) groups excluding carboxylic acids is 1. The summed E-state index contributed by atoms with van der Waals surface area (Å²) in [5.41, 5.74) is 10.9. The molecule has 0 aliphatic carbocycles. The normalized spacial score (nSPS) is 14.1. The monoisotopic (exact) mass is 272 g/mol. The first-order chi connectivity index (χ1) is 9.07. The van der Waals surface area contributed by atoms with Crippen LogP contribution >= 0.6 is 0 Å². The van der Waals surface area contributed by atoms with E-state index in [9.17, 15) is 4.79 Å². The van der Waals surface area contributed by atoms with Gasteiger partial charge in [-0.2, -0.15) is 0 Å². The molecular formula is C15H32N2O2. The number of primary amides is 1. The maximum atomic E-state index is 10.6. The van der Waals surface area contributed by atoms with E-state index in [0.717, 1.165) is 12.8 Å². The minimum atomic E-state index is -0.741. The molecule has 0 aromatic heterocycles. The molecule has 19 heavy (non-hydrogen) atoms. The maximum absolute atomic E-state index is 10.6. The van der Waals surface area contributed by atoms with E-state index in [2.05, 4.69) is 6.92 Å². The Balaban J connectivity index is 3.31. The van der Waals surface area contributed by atoms with E-state index in [4.69, 9.17) is 16.2 Å². The molecule has 0 spiro atoms. The first-order valence-electron chi connectivity index (χ1n) is 7.79. The van der Waals surface area contributed by atoms with Crippen molar-refractivity contribution in [3.8, 4) is 0 Å². The lowest BCUT2D eigenvalue weighted by Crippen LogP contribution is -2.37. The highest BCUT2D eigenvalue weighted by molar-refractivity contribution is 5.64. The third-order valence-electron chi connectivity index (χ3n) is 3.55.